The van der Waals surface area contributed by atoms with Gasteiger partial charge in [-0.25, -0.2) is 0 Å². The molecule has 0 N–H and O–H groups in total. The number of aromatic nitrogens is 4. The Bertz CT molecular complexity index is 887. The highest BCUT2D eigenvalue weighted by Crippen LogP contribution is 2.22. The highest BCUT2D eigenvalue weighted by atomic mass is 15.4. The molecule has 2 aromatic heterocycles. The van der Waals surface area contributed by atoms with Crippen molar-refractivity contribution in [1.29, 1.82) is 5.26 Å². The van der Waals surface area contributed by atoms with Crippen molar-refractivity contribution in [3.05, 3.63) is 53.9 Å². The predicted octanol–water partition coefficient (Wildman–Crippen LogP) is 1.32. The third-order valence-corrected chi connectivity index (χ3v) is 4.47. The van der Waals surface area contributed by atoms with Crippen LogP contribution in [0, 0.1) is 11.3 Å². The molecule has 1 saturated heterocycles. The minimum atomic E-state index is 0.499. The van der Waals surface area contributed by atoms with Crippen LogP contribution in [-0.2, 0) is 6.54 Å². The number of nitrogens with zero attached hydrogens (tertiary/aromatic N) is 7. The molecule has 1 fully saturated rings. The molecule has 7 heteroatoms. The van der Waals surface area contributed by atoms with Gasteiger partial charge in [-0.1, -0.05) is 12.1 Å². The number of nitriles is 1. The third kappa shape index (κ3) is 2.68. The number of anilines is 1. The first-order valence-electron chi connectivity index (χ1n) is 7.84. The lowest BCUT2D eigenvalue weighted by molar-refractivity contribution is 0.196. The monoisotopic (exact) mass is 319 g/mol. The summed E-state index contributed by atoms with van der Waals surface area (Å²) in [5, 5.41) is 21.2. The summed E-state index contributed by atoms with van der Waals surface area (Å²) in [6.07, 6.45) is 1.62. The molecular formula is C17H17N7. The summed E-state index contributed by atoms with van der Waals surface area (Å²) in [4.78, 5) is 4.59. The number of rotatable bonds is 4. The van der Waals surface area contributed by atoms with Crippen LogP contribution in [-0.4, -0.2) is 50.9 Å². The Morgan fingerprint density at radius 1 is 1.21 bits per heavy atom. The molecule has 1 aliphatic heterocycles. The van der Waals surface area contributed by atoms with E-state index in [0.29, 0.717) is 11.6 Å². The quantitative estimate of drug-likeness (QED) is 0.722. The van der Waals surface area contributed by atoms with Crippen LogP contribution in [0.3, 0.4) is 0 Å². The molecule has 1 aromatic carbocycles. The van der Waals surface area contributed by atoms with E-state index in [9.17, 15) is 0 Å². The maximum absolute atomic E-state index is 8.85. The van der Waals surface area contributed by atoms with Crippen molar-refractivity contribution in [2.45, 2.75) is 12.6 Å². The van der Waals surface area contributed by atoms with Crippen molar-refractivity contribution in [2.75, 3.05) is 25.0 Å². The maximum atomic E-state index is 8.85. The molecule has 0 radical (unpaired) electrons. The Balaban J connectivity index is 1.36. The number of benzene rings is 1. The lowest BCUT2D eigenvalue weighted by atomic mass is 10.1. The minimum Gasteiger partial charge on any atom is -0.352 e. The zero-order chi connectivity index (χ0) is 16.5. The van der Waals surface area contributed by atoms with Gasteiger partial charge in [0.1, 0.15) is 12.1 Å². The summed E-state index contributed by atoms with van der Waals surface area (Å²) in [5.41, 5.74) is 2.68. The second-order valence-electron chi connectivity index (χ2n) is 6.11. The van der Waals surface area contributed by atoms with Gasteiger partial charge in [-0.2, -0.15) is 9.78 Å². The second kappa shape index (κ2) is 5.91. The van der Waals surface area contributed by atoms with Gasteiger partial charge in [-0.15, -0.1) is 15.3 Å². The Kier molecular flexibility index (Phi) is 3.59. The van der Waals surface area contributed by atoms with E-state index in [0.717, 1.165) is 31.1 Å². The zero-order valence-corrected chi connectivity index (χ0v) is 13.4. The fourth-order valence-corrected chi connectivity index (χ4v) is 2.91. The molecule has 0 amide bonds. The second-order valence-corrected chi connectivity index (χ2v) is 6.11. The van der Waals surface area contributed by atoms with E-state index in [1.807, 2.05) is 36.4 Å². The van der Waals surface area contributed by atoms with Gasteiger partial charge < -0.3 is 4.90 Å². The average Bonchev–Trinajstić information content (AvgIpc) is 3.02. The first kappa shape index (κ1) is 14.6. The fourth-order valence-electron chi connectivity index (χ4n) is 2.91. The van der Waals surface area contributed by atoms with Gasteiger partial charge in [0, 0.05) is 25.7 Å². The lowest BCUT2D eigenvalue weighted by Crippen LogP contribution is -2.58. The molecular weight excluding hydrogens is 302 g/mol. The van der Waals surface area contributed by atoms with Crippen LogP contribution in [0.2, 0.25) is 0 Å². The first-order chi connectivity index (χ1) is 11.7. The summed E-state index contributed by atoms with van der Waals surface area (Å²) >= 11 is 0. The van der Waals surface area contributed by atoms with Crippen LogP contribution in [0.4, 0.5) is 5.82 Å². The van der Waals surface area contributed by atoms with Crippen LogP contribution in [0.15, 0.2) is 42.7 Å². The van der Waals surface area contributed by atoms with E-state index >= 15 is 0 Å². The molecule has 24 heavy (non-hydrogen) atoms. The van der Waals surface area contributed by atoms with Crippen molar-refractivity contribution in [2.24, 2.45) is 0 Å². The van der Waals surface area contributed by atoms with Crippen LogP contribution in [0.5, 0.6) is 0 Å². The Morgan fingerprint density at radius 2 is 2.00 bits per heavy atom. The molecule has 3 aromatic rings. The minimum absolute atomic E-state index is 0.499. The van der Waals surface area contributed by atoms with Crippen LogP contribution >= 0.6 is 0 Å². The maximum Gasteiger partial charge on any atom is 0.177 e. The van der Waals surface area contributed by atoms with Crippen molar-refractivity contribution >= 4 is 11.5 Å². The molecule has 4 rings (SSSR count). The van der Waals surface area contributed by atoms with E-state index in [1.54, 1.807) is 10.8 Å². The normalized spacial score (nSPS) is 14.8. The van der Waals surface area contributed by atoms with Crippen molar-refractivity contribution in [3.63, 3.8) is 0 Å². The molecule has 0 saturated carbocycles. The number of hydrogen-bond acceptors (Lipinski definition) is 6. The molecule has 0 bridgehead atoms. The topological polar surface area (TPSA) is 73.4 Å². The van der Waals surface area contributed by atoms with E-state index < -0.39 is 0 Å². The largest absolute Gasteiger partial charge is 0.352 e. The van der Waals surface area contributed by atoms with Gasteiger partial charge in [0.15, 0.2) is 5.65 Å². The van der Waals surface area contributed by atoms with Gasteiger partial charge >= 0.3 is 0 Å². The summed E-state index contributed by atoms with van der Waals surface area (Å²) in [6.45, 7) is 2.78. The third-order valence-electron chi connectivity index (χ3n) is 4.47. The van der Waals surface area contributed by atoms with Crippen molar-refractivity contribution in [3.8, 4) is 6.07 Å². The van der Waals surface area contributed by atoms with E-state index in [4.69, 9.17) is 5.26 Å². The summed E-state index contributed by atoms with van der Waals surface area (Å²) < 4.78 is 1.70. The Labute approximate surface area is 139 Å². The summed E-state index contributed by atoms with van der Waals surface area (Å²) in [6, 6.07) is 14.3. The van der Waals surface area contributed by atoms with Gasteiger partial charge in [-0.3, -0.25) is 4.90 Å². The molecule has 0 unspecified atom stereocenters. The van der Waals surface area contributed by atoms with Gasteiger partial charge in [0.05, 0.1) is 11.6 Å². The predicted molar refractivity (Wildman–Crippen MR) is 89.4 cm³/mol. The smallest absolute Gasteiger partial charge is 0.177 e. The fraction of sp³-hybridized carbons (Fsp3) is 0.294. The molecule has 0 spiro atoms. The van der Waals surface area contributed by atoms with Crippen LogP contribution < -0.4 is 4.90 Å². The highest BCUT2D eigenvalue weighted by molar-refractivity contribution is 5.47. The van der Waals surface area contributed by atoms with E-state index in [1.165, 1.54) is 5.56 Å². The van der Waals surface area contributed by atoms with Crippen molar-refractivity contribution < 1.29 is 0 Å². The highest BCUT2D eigenvalue weighted by Gasteiger charge is 2.31. The van der Waals surface area contributed by atoms with Crippen LogP contribution in [0.25, 0.3) is 5.65 Å². The van der Waals surface area contributed by atoms with Crippen molar-refractivity contribution in [1.82, 2.24) is 24.7 Å². The van der Waals surface area contributed by atoms with E-state index in [-0.39, 0.29) is 0 Å². The molecule has 1 aliphatic rings. The molecule has 0 aliphatic carbocycles. The Morgan fingerprint density at radius 3 is 2.75 bits per heavy atom. The number of likely N-dealkylation sites (N-methyl/N-ethyl adjacent to an activating group) is 1. The van der Waals surface area contributed by atoms with E-state index in [2.05, 4.69) is 38.2 Å². The van der Waals surface area contributed by atoms with Crippen LogP contribution in [0.1, 0.15) is 11.1 Å². The first-order valence-corrected chi connectivity index (χ1v) is 7.84. The molecule has 0 atom stereocenters. The molecule has 120 valence electrons. The van der Waals surface area contributed by atoms with Gasteiger partial charge in [0.2, 0.25) is 0 Å². The molecule has 7 nitrogen and oxygen atoms in total. The Hall–Kier alpha value is -2.98. The SMILES string of the molecule is CN(Cc1ccc(C#N)cc1)C1CN(c2ccc3nncn3n2)C1. The average molecular weight is 319 g/mol. The van der Waals surface area contributed by atoms with Gasteiger partial charge in [0.25, 0.3) is 0 Å². The zero-order valence-electron chi connectivity index (χ0n) is 13.4. The van der Waals surface area contributed by atoms with Gasteiger partial charge in [-0.05, 0) is 36.9 Å². The number of fused-ring (bicyclic) bond motifs is 1. The lowest BCUT2D eigenvalue weighted by Gasteiger charge is -2.44. The summed E-state index contributed by atoms with van der Waals surface area (Å²) in [5.74, 6) is 0.949. The number of hydrogen-bond donors (Lipinski definition) is 0. The summed E-state index contributed by atoms with van der Waals surface area (Å²) in [7, 11) is 2.14. The standard InChI is InChI=1S/C17H17N7/c1-22(9-14-4-2-13(8-18)3-5-14)15-10-23(11-15)17-7-6-16-20-19-12-24(16)21-17/h2-7,12,15H,9-11H2,1H3. The molecule has 3 heterocycles.